The molecule has 0 spiro atoms. The predicted octanol–water partition coefficient (Wildman–Crippen LogP) is 1.96. The van der Waals surface area contributed by atoms with Crippen LogP contribution in [0.5, 0.6) is 0 Å². The molecule has 0 unspecified atom stereocenters. The molecule has 7 nitrogen and oxygen atoms in total. The second-order valence-corrected chi connectivity index (χ2v) is 6.76. The van der Waals surface area contributed by atoms with Crippen molar-refractivity contribution in [1.82, 2.24) is 9.88 Å². The minimum atomic E-state index is -0.902. The van der Waals surface area contributed by atoms with E-state index in [2.05, 4.69) is 22.5 Å². The summed E-state index contributed by atoms with van der Waals surface area (Å²) in [5.74, 6) is 1.68. The molecule has 2 aromatic rings. The van der Waals surface area contributed by atoms with Crippen LogP contribution in [0.4, 0.5) is 10.1 Å². The zero-order valence-corrected chi connectivity index (χ0v) is 17.6. The number of anilines is 1. The predicted molar refractivity (Wildman–Crippen MR) is 114 cm³/mol. The summed E-state index contributed by atoms with van der Waals surface area (Å²) in [5, 5.41) is 5.05. The smallest absolute Gasteiger partial charge is 0.293 e. The number of carbonyl (C=O) groups is 3. The molecule has 0 bridgehead atoms. The van der Waals surface area contributed by atoms with Gasteiger partial charge in [0.15, 0.2) is 0 Å². The Balaban J connectivity index is 2.34. The largest absolute Gasteiger partial charge is 0.382 e. The van der Waals surface area contributed by atoms with Gasteiger partial charge in [-0.05, 0) is 37.6 Å². The van der Waals surface area contributed by atoms with E-state index in [-0.39, 0.29) is 23.4 Å². The van der Waals surface area contributed by atoms with Crippen LogP contribution in [-0.2, 0) is 16.6 Å². The van der Waals surface area contributed by atoms with Gasteiger partial charge in [0.05, 0.1) is 17.7 Å². The van der Waals surface area contributed by atoms with Crippen LogP contribution in [-0.4, -0.2) is 41.9 Å². The number of halogens is 1. The Morgan fingerprint density at radius 2 is 1.94 bits per heavy atom. The van der Waals surface area contributed by atoms with Crippen molar-refractivity contribution in [3.05, 3.63) is 52.1 Å². The lowest BCUT2D eigenvalue weighted by Crippen LogP contribution is -2.41. The lowest BCUT2D eigenvalue weighted by atomic mass is 10.0. The number of ether oxygens (including phenoxy) is 1. The number of aromatic nitrogens is 1. The molecule has 0 saturated heterocycles. The fraction of sp³-hybridized carbons (Fsp3) is 0.261. The highest BCUT2D eigenvalue weighted by atomic mass is 19.1. The lowest BCUT2D eigenvalue weighted by molar-refractivity contribution is -0.117. The van der Waals surface area contributed by atoms with E-state index in [4.69, 9.17) is 17.6 Å². The Hall–Kier alpha value is -3.88. The van der Waals surface area contributed by atoms with Crippen molar-refractivity contribution in [2.45, 2.75) is 19.9 Å². The summed E-state index contributed by atoms with van der Waals surface area (Å²) < 4.78 is 20.0. The second kappa shape index (κ2) is 9.75. The van der Waals surface area contributed by atoms with Gasteiger partial charge in [0.1, 0.15) is 17.6 Å². The summed E-state index contributed by atoms with van der Waals surface area (Å²) in [6.45, 7) is 3.23. The van der Waals surface area contributed by atoms with E-state index in [9.17, 15) is 18.8 Å². The molecule has 160 valence electrons. The van der Waals surface area contributed by atoms with Gasteiger partial charge in [-0.25, -0.2) is 4.39 Å². The average Bonchev–Trinajstić information content (AvgIpc) is 2.96. The monoisotopic (exact) mass is 423 g/mol. The van der Waals surface area contributed by atoms with Crippen LogP contribution in [0.1, 0.15) is 37.7 Å². The number of amides is 2. The third-order valence-electron chi connectivity index (χ3n) is 4.80. The maximum Gasteiger partial charge on any atom is 0.293 e. The number of hydrogen-bond acceptors (Lipinski definition) is 4. The molecule has 8 heteroatoms. The van der Waals surface area contributed by atoms with E-state index in [1.807, 2.05) is 0 Å². The third kappa shape index (κ3) is 4.82. The molecule has 2 N–H and O–H groups in total. The Bertz CT molecular complexity index is 1140. The fourth-order valence-electron chi connectivity index (χ4n) is 3.17. The van der Waals surface area contributed by atoms with Crippen LogP contribution in [0.25, 0.3) is 0 Å². The number of terminal acetylenes is 2. The first-order valence-electron chi connectivity index (χ1n) is 9.19. The minimum absolute atomic E-state index is 0.00393. The summed E-state index contributed by atoms with van der Waals surface area (Å²) in [5.41, 5.74) is 1.31. The van der Waals surface area contributed by atoms with Crippen LogP contribution in [0, 0.1) is 44.4 Å². The number of ketones is 1. The average molecular weight is 423 g/mol. The number of Topliss-reactive ketones (excluding diaryl/α,β-unsaturated/α-hetero) is 1. The molecule has 0 fully saturated rings. The summed E-state index contributed by atoms with van der Waals surface area (Å²) >= 11 is 0. The van der Waals surface area contributed by atoms with Crippen LogP contribution in [0.15, 0.2) is 18.2 Å². The van der Waals surface area contributed by atoms with Crippen molar-refractivity contribution in [3.63, 3.8) is 0 Å². The fourth-order valence-corrected chi connectivity index (χ4v) is 3.17. The molecule has 31 heavy (non-hydrogen) atoms. The third-order valence-corrected chi connectivity index (χ3v) is 4.80. The summed E-state index contributed by atoms with van der Waals surface area (Å²) in [6, 6.07) is 3.08. The van der Waals surface area contributed by atoms with E-state index in [1.54, 1.807) is 20.9 Å². The van der Waals surface area contributed by atoms with Gasteiger partial charge in [-0.15, -0.1) is 12.8 Å². The van der Waals surface area contributed by atoms with Crippen molar-refractivity contribution in [3.8, 4) is 24.7 Å². The number of hydrogen-bond donors (Lipinski definition) is 2. The molecule has 1 atom stereocenters. The zero-order chi connectivity index (χ0) is 23.3. The standard InChI is InChI=1S/C23H22FN3O4/c1-7-15-11-17(9-10-18(15)24)26-22(29)20-13(3)19(14(4)27(20)5)21(28)23(30)25-16(8-2)12-31-6/h1-2,9-11,16H,12H2,3-6H3,(H,25,30)(H,26,29)/t16-/m0/s1. The highest BCUT2D eigenvalue weighted by Gasteiger charge is 2.29. The molecule has 0 saturated carbocycles. The SMILES string of the molecule is C#Cc1cc(NC(=O)c2c(C)c(C(=O)C(=O)N[C@@H](C#C)COC)c(C)n2C)ccc1F. The van der Waals surface area contributed by atoms with E-state index in [0.29, 0.717) is 16.9 Å². The topological polar surface area (TPSA) is 89.4 Å². The van der Waals surface area contributed by atoms with Crippen molar-refractivity contribution in [2.24, 2.45) is 7.05 Å². The van der Waals surface area contributed by atoms with Crippen molar-refractivity contribution >= 4 is 23.3 Å². The van der Waals surface area contributed by atoms with Gasteiger partial charge >= 0.3 is 0 Å². The number of rotatable bonds is 7. The molecule has 1 heterocycles. The molecule has 2 rings (SSSR count). The normalized spacial score (nSPS) is 11.2. The molecule has 1 aromatic carbocycles. The van der Waals surface area contributed by atoms with Gasteiger partial charge in [-0.3, -0.25) is 14.4 Å². The highest BCUT2D eigenvalue weighted by molar-refractivity contribution is 6.43. The number of nitrogens with one attached hydrogen (secondary N) is 2. The van der Waals surface area contributed by atoms with E-state index >= 15 is 0 Å². The summed E-state index contributed by atoms with van der Waals surface area (Å²) in [7, 11) is 3.01. The maximum absolute atomic E-state index is 13.6. The second-order valence-electron chi connectivity index (χ2n) is 6.76. The van der Waals surface area contributed by atoms with Gasteiger partial charge < -0.3 is 19.9 Å². The first-order chi connectivity index (χ1) is 14.7. The number of methoxy groups -OCH3 is 1. The van der Waals surface area contributed by atoms with Crippen LogP contribution < -0.4 is 10.6 Å². The quantitative estimate of drug-likeness (QED) is 0.405. The minimum Gasteiger partial charge on any atom is -0.382 e. The summed E-state index contributed by atoms with van der Waals surface area (Å²) in [6.07, 6.45) is 10.6. The summed E-state index contributed by atoms with van der Waals surface area (Å²) in [4.78, 5) is 38.1. The van der Waals surface area contributed by atoms with Gasteiger partial charge in [0.2, 0.25) is 0 Å². The van der Waals surface area contributed by atoms with E-state index in [0.717, 1.165) is 6.07 Å². The van der Waals surface area contributed by atoms with Gasteiger partial charge in [0, 0.05) is 25.5 Å². The number of nitrogens with zero attached hydrogens (tertiary/aromatic N) is 1. The molecule has 2 amide bonds. The Morgan fingerprint density at radius 3 is 2.52 bits per heavy atom. The van der Waals surface area contributed by atoms with Crippen LogP contribution in [0.3, 0.4) is 0 Å². The highest BCUT2D eigenvalue weighted by Crippen LogP contribution is 2.23. The maximum atomic E-state index is 13.6. The number of benzene rings is 1. The van der Waals surface area contributed by atoms with Crippen LogP contribution in [0.2, 0.25) is 0 Å². The van der Waals surface area contributed by atoms with Crippen molar-refractivity contribution in [1.29, 1.82) is 0 Å². The number of carbonyl (C=O) groups excluding carboxylic acids is 3. The van der Waals surface area contributed by atoms with Crippen molar-refractivity contribution < 1.29 is 23.5 Å². The molecular formula is C23H22FN3O4. The van der Waals surface area contributed by atoms with Gasteiger partial charge in [-0.2, -0.15) is 0 Å². The van der Waals surface area contributed by atoms with Crippen molar-refractivity contribution in [2.75, 3.05) is 19.0 Å². The molecule has 0 aliphatic heterocycles. The Morgan fingerprint density at radius 1 is 1.26 bits per heavy atom. The molecule has 0 radical (unpaired) electrons. The molecule has 0 aliphatic rings. The molecule has 1 aromatic heterocycles. The zero-order valence-electron chi connectivity index (χ0n) is 17.6. The van der Waals surface area contributed by atoms with E-state index in [1.165, 1.54) is 23.8 Å². The van der Waals surface area contributed by atoms with Crippen LogP contribution >= 0.6 is 0 Å². The Kier molecular flexibility index (Phi) is 7.36. The lowest BCUT2D eigenvalue weighted by Gasteiger charge is -2.11. The first-order valence-corrected chi connectivity index (χ1v) is 9.19. The molecular weight excluding hydrogens is 401 g/mol. The van der Waals surface area contributed by atoms with Gasteiger partial charge in [-0.1, -0.05) is 11.8 Å². The Labute approximate surface area is 180 Å². The van der Waals surface area contributed by atoms with E-state index < -0.39 is 29.5 Å². The van der Waals surface area contributed by atoms with Gasteiger partial charge in [0.25, 0.3) is 17.6 Å². The molecule has 0 aliphatic carbocycles. The first kappa shape index (κ1) is 23.4.